The van der Waals surface area contributed by atoms with Gasteiger partial charge >= 0.3 is 0 Å². The molecule has 0 saturated carbocycles. The molecule has 47 heavy (non-hydrogen) atoms. The summed E-state index contributed by atoms with van der Waals surface area (Å²) >= 11 is 0. The van der Waals surface area contributed by atoms with Crippen LogP contribution in [0.1, 0.15) is 37.6 Å². The van der Waals surface area contributed by atoms with Crippen molar-refractivity contribution in [1.82, 2.24) is 30.8 Å². The van der Waals surface area contributed by atoms with Gasteiger partial charge in [-0.25, -0.2) is 9.97 Å². The Bertz CT molecular complexity index is 1710. The summed E-state index contributed by atoms with van der Waals surface area (Å²) in [5.41, 5.74) is 7.33. The van der Waals surface area contributed by atoms with Crippen molar-refractivity contribution in [2.45, 2.75) is 51.4 Å². The first-order valence-electron chi connectivity index (χ1n) is 15.3. The van der Waals surface area contributed by atoms with Gasteiger partial charge in [0.15, 0.2) is 17.3 Å². The van der Waals surface area contributed by atoms with Gasteiger partial charge in [-0.15, -0.1) is 0 Å². The Kier molecular flexibility index (Phi) is 9.65. The number of hydrogen-bond donors (Lipinski definition) is 5. The summed E-state index contributed by atoms with van der Waals surface area (Å²) < 4.78 is 16.7. The molecule has 4 amide bonds. The average Bonchev–Trinajstić information content (AvgIpc) is 3.45. The van der Waals surface area contributed by atoms with E-state index in [1.54, 1.807) is 38.1 Å². The fraction of sp³-hybridized carbons (Fsp3) is 0.438. The molecule has 1 aromatic heterocycles. The molecule has 5 rings (SSSR count). The molecule has 6 N–H and O–H groups in total. The van der Waals surface area contributed by atoms with Crippen LogP contribution in [0.15, 0.2) is 30.3 Å². The molecular weight excluding hydrogens is 610 g/mol. The standard InChI is InChI=1S/C32H39N7O8/c1-15(2)26-31(43)35-16(3)32(44)39-14-18(40)11-22(39)30(42)34-8-9-47-23-7-6-17(10-20(23)29(41)37-26)28-36-21-13-25(46-5)24(45-4)12-19(21)27(33)38-28/h6-7,10,12-13,15-16,18,22,26,40H,8-9,11,14H2,1-5H3,(H,34,42)(H,35,43)(H,37,41)(H2,33,36,38)/t16-,18+,22+,26+/m1/s1. The van der Waals surface area contributed by atoms with Crippen LogP contribution >= 0.6 is 0 Å². The lowest BCUT2D eigenvalue weighted by Crippen LogP contribution is -2.57. The molecule has 3 aromatic rings. The molecule has 0 bridgehead atoms. The summed E-state index contributed by atoms with van der Waals surface area (Å²) in [6.45, 7) is 5.03. The fourth-order valence-electron chi connectivity index (χ4n) is 5.71. The molecule has 1 fully saturated rings. The summed E-state index contributed by atoms with van der Waals surface area (Å²) in [7, 11) is 3.02. The molecule has 15 nitrogen and oxygen atoms in total. The first kappa shape index (κ1) is 33.2. The molecule has 0 radical (unpaired) electrons. The normalized spacial score (nSPS) is 22.6. The molecule has 2 aliphatic rings. The predicted molar refractivity (Wildman–Crippen MR) is 171 cm³/mol. The number of carbonyl (C=O) groups is 4. The van der Waals surface area contributed by atoms with Crippen LogP contribution in [0.25, 0.3) is 22.3 Å². The van der Waals surface area contributed by atoms with Crippen molar-refractivity contribution in [2.24, 2.45) is 5.92 Å². The Labute approximate surface area is 271 Å². The van der Waals surface area contributed by atoms with E-state index in [4.69, 9.17) is 19.9 Å². The molecule has 2 aromatic carbocycles. The zero-order valence-electron chi connectivity index (χ0n) is 26.8. The first-order valence-corrected chi connectivity index (χ1v) is 15.3. The van der Waals surface area contributed by atoms with E-state index in [0.29, 0.717) is 28.0 Å². The number of carbonyl (C=O) groups excluding carboxylic acids is 4. The Morgan fingerprint density at radius 3 is 2.45 bits per heavy atom. The van der Waals surface area contributed by atoms with E-state index in [0.717, 1.165) is 0 Å². The number of ether oxygens (including phenoxy) is 3. The minimum absolute atomic E-state index is 0.0138. The lowest BCUT2D eigenvalue weighted by molar-refractivity contribution is -0.141. The van der Waals surface area contributed by atoms with E-state index >= 15 is 0 Å². The third-order valence-electron chi connectivity index (χ3n) is 8.20. The molecule has 1 saturated heterocycles. The largest absolute Gasteiger partial charge is 0.493 e. The SMILES string of the molecule is COc1cc2nc(-c3ccc4c(c3)C(=O)N[C@@H](C(C)C)C(=O)N[C@H](C)C(=O)N3C[C@@H](O)C[C@H]3C(=O)NCCO4)nc(N)c2cc1OC. The number of hydrogen-bond acceptors (Lipinski definition) is 11. The highest BCUT2D eigenvalue weighted by Gasteiger charge is 2.41. The van der Waals surface area contributed by atoms with E-state index in [1.165, 1.54) is 32.1 Å². The number of nitrogen functional groups attached to an aromatic ring is 1. The van der Waals surface area contributed by atoms with Gasteiger partial charge in [0.05, 0.1) is 37.9 Å². The number of benzene rings is 2. The number of aliphatic hydroxyl groups excluding tert-OH is 1. The Morgan fingerprint density at radius 1 is 1.02 bits per heavy atom. The Hall–Kier alpha value is -5.18. The highest BCUT2D eigenvalue weighted by molar-refractivity contribution is 6.01. The van der Waals surface area contributed by atoms with E-state index < -0.39 is 47.9 Å². The fourth-order valence-corrected chi connectivity index (χ4v) is 5.71. The first-order chi connectivity index (χ1) is 22.4. The van der Waals surface area contributed by atoms with Gasteiger partial charge in [-0.2, -0.15) is 0 Å². The number of nitrogens with zero attached hydrogens (tertiary/aromatic N) is 3. The molecule has 0 aliphatic carbocycles. The van der Waals surface area contributed by atoms with Crippen molar-refractivity contribution in [3.05, 3.63) is 35.9 Å². The average molecular weight is 650 g/mol. The van der Waals surface area contributed by atoms with Gasteiger partial charge in [-0.05, 0) is 37.1 Å². The highest BCUT2D eigenvalue weighted by Crippen LogP contribution is 2.35. The van der Waals surface area contributed by atoms with Crippen LogP contribution in [-0.2, 0) is 14.4 Å². The smallest absolute Gasteiger partial charge is 0.255 e. The summed E-state index contributed by atoms with van der Waals surface area (Å²) in [5.74, 6) is -1.03. The van der Waals surface area contributed by atoms with E-state index in [9.17, 15) is 24.3 Å². The quantitative estimate of drug-likeness (QED) is 0.265. The molecule has 2 aliphatic heterocycles. The highest BCUT2D eigenvalue weighted by atomic mass is 16.5. The number of rotatable bonds is 4. The van der Waals surface area contributed by atoms with Gasteiger partial charge in [0.2, 0.25) is 17.7 Å². The van der Waals surface area contributed by atoms with E-state index in [-0.39, 0.29) is 55.0 Å². The number of methoxy groups -OCH3 is 2. The predicted octanol–water partition coefficient (Wildman–Crippen LogP) is 0.626. The Morgan fingerprint density at radius 2 is 1.74 bits per heavy atom. The lowest BCUT2D eigenvalue weighted by Gasteiger charge is -2.29. The maximum atomic E-state index is 13.8. The molecule has 4 atom stereocenters. The van der Waals surface area contributed by atoms with E-state index in [1.807, 2.05) is 0 Å². The molecule has 3 heterocycles. The zero-order valence-corrected chi connectivity index (χ0v) is 26.8. The van der Waals surface area contributed by atoms with Gasteiger partial charge in [0, 0.05) is 30.0 Å². The van der Waals surface area contributed by atoms with Crippen LogP contribution in [-0.4, -0.2) is 102 Å². The number of amides is 4. The molecular formula is C32H39N7O8. The summed E-state index contributed by atoms with van der Waals surface area (Å²) in [6, 6.07) is 5.18. The number of fused-ring (bicyclic) bond motifs is 3. The summed E-state index contributed by atoms with van der Waals surface area (Å²) in [6.07, 6.45) is -0.816. The second-order valence-corrected chi connectivity index (χ2v) is 11.8. The number of aliphatic hydroxyl groups is 1. The molecule has 0 unspecified atom stereocenters. The zero-order chi connectivity index (χ0) is 34.0. The number of nitrogens with two attached hydrogens (primary N) is 1. The number of nitrogens with one attached hydrogen (secondary N) is 3. The van der Waals surface area contributed by atoms with Crippen molar-refractivity contribution >= 4 is 40.3 Å². The second kappa shape index (κ2) is 13.7. The van der Waals surface area contributed by atoms with Crippen LogP contribution < -0.4 is 35.9 Å². The number of anilines is 1. The minimum atomic E-state index is -1.03. The van der Waals surface area contributed by atoms with Crippen LogP contribution in [0.4, 0.5) is 5.82 Å². The van der Waals surface area contributed by atoms with Crippen molar-refractivity contribution in [1.29, 1.82) is 0 Å². The van der Waals surface area contributed by atoms with Crippen molar-refractivity contribution in [3.8, 4) is 28.6 Å². The molecule has 250 valence electrons. The Balaban J connectivity index is 1.52. The van der Waals surface area contributed by atoms with Crippen molar-refractivity contribution < 1.29 is 38.5 Å². The maximum absolute atomic E-state index is 13.8. The monoisotopic (exact) mass is 649 g/mol. The van der Waals surface area contributed by atoms with Crippen LogP contribution in [0, 0.1) is 5.92 Å². The topological polar surface area (TPSA) is 207 Å². The summed E-state index contributed by atoms with van der Waals surface area (Å²) in [5, 5.41) is 19.0. The van der Waals surface area contributed by atoms with Crippen molar-refractivity contribution in [3.63, 3.8) is 0 Å². The van der Waals surface area contributed by atoms with Gasteiger partial charge in [-0.3, -0.25) is 19.2 Å². The third-order valence-corrected chi connectivity index (χ3v) is 8.20. The third kappa shape index (κ3) is 6.84. The maximum Gasteiger partial charge on any atom is 0.255 e. The van der Waals surface area contributed by atoms with Crippen LogP contribution in [0.2, 0.25) is 0 Å². The molecule has 15 heteroatoms. The van der Waals surface area contributed by atoms with Crippen LogP contribution in [0.5, 0.6) is 17.2 Å². The molecule has 0 spiro atoms. The van der Waals surface area contributed by atoms with Gasteiger partial charge in [-0.1, -0.05) is 13.8 Å². The van der Waals surface area contributed by atoms with Gasteiger partial charge < -0.3 is 45.9 Å². The summed E-state index contributed by atoms with van der Waals surface area (Å²) in [4.78, 5) is 63.9. The number of aromatic nitrogens is 2. The lowest BCUT2D eigenvalue weighted by atomic mass is 10.0. The van der Waals surface area contributed by atoms with E-state index in [2.05, 4.69) is 25.9 Å². The minimum Gasteiger partial charge on any atom is -0.493 e. The van der Waals surface area contributed by atoms with Crippen molar-refractivity contribution in [2.75, 3.05) is 39.6 Å². The van der Waals surface area contributed by atoms with Gasteiger partial charge in [0.25, 0.3) is 5.91 Å². The second-order valence-electron chi connectivity index (χ2n) is 11.8. The van der Waals surface area contributed by atoms with Gasteiger partial charge in [0.1, 0.15) is 36.3 Å². The van der Waals surface area contributed by atoms with Crippen LogP contribution in [0.3, 0.4) is 0 Å².